The van der Waals surface area contributed by atoms with Crippen LogP contribution in [-0.2, 0) is 16.0 Å². The summed E-state index contributed by atoms with van der Waals surface area (Å²) in [5.41, 5.74) is 5.53. The molecule has 0 radical (unpaired) electrons. The molecule has 6 rings (SSSR count). The van der Waals surface area contributed by atoms with E-state index in [1.807, 2.05) is 49.4 Å². The van der Waals surface area contributed by atoms with Gasteiger partial charge in [0.2, 0.25) is 17.6 Å². The van der Waals surface area contributed by atoms with Crippen molar-refractivity contribution >= 4 is 29.5 Å². The number of aryl methyl sites for hydroxylation is 1. The zero-order chi connectivity index (χ0) is 37.3. The van der Waals surface area contributed by atoms with Gasteiger partial charge in [-0.25, -0.2) is 4.79 Å². The fourth-order valence-electron chi connectivity index (χ4n) is 7.19. The van der Waals surface area contributed by atoms with E-state index in [2.05, 4.69) is 41.9 Å². The van der Waals surface area contributed by atoms with Crippen molar-refractivity contribution in [1.82, 2.24) is 36.6 Å². The second-order valence-electron chi connectivity index (χ2n) is 14.2. The molecule has 4 aromatic rings. The summed E-state index contributed by atoms with van der Waals surface area (Å²) in [5.74, 6) is -0.376. The van der Waals surface area contributed by atoms with Gasteiger partial charge in [-0.15, -0.1) is 10.2 Å². The maximum Gasteiger partial charge on any atom is 0.404 e. The molecule has 4 amide bonds. The molecule has 53 heavy (non-hydrogen) atoms. The molecule has 0 unspecified atom stereocenters. The van der Waals surface area contributed by atoms with Crippen LogP contribution in [-0.4, -0.2) is 79.4 Å². The van der Waals surface area contributed by atoms with E-state index in [9.17, 15) is 24.3 Å². The van der Waals surface area contributed by atoms with Crippen LogP contribution in [0.4, 0.5) is 10.5 Å². The Labute approximate surface area is 307 Å². The molecule has 0 saturated heterocycles. The SMILES string of the molecule is Cc1ccc(C(=O)N[C@H]2CC[C@H](O)CC2)cc1-c1ccc(C[C@H](NC(=O)C2CCC(CNC(=O)O)CC2)C(=O)Nc2ccc(-c3nn[nH]n3)cc2)cc1. The number of benzene rings is 3. The smallest absolute Gasteiger partial charge is 0.404 e. The lowest BCUT2D eigenvalue weighted by molar-refractivity contribution is -0.130. The maximum atomic E-state index is 13.8. The summed E-state index contributed by atoms with van der Waals surface area (Å²) in [6.07, 6.45) is 4.45. The standard InChI is InChI=1S/C39H46N8O6/c1-23-2-7-29(37(50)41-31-16-18-32(48)19-17-31)21-33(23)26-8-3-24(4-9-26)20-34(43-36(49)28-10-5-25(6-11-28)22-40-39(52)53)38(51)42-30-14-12-27(13-15-30)35-44-46-47-45-35/h2-4,7-9,12-15,21,25,28,31-32,34,40,48H,5-6,10-11,16-20,22H2,1H3,(H,41,50)(H,42,51)(H,43,49)(H,52,53)(H,44,45,46,47)/t25?,28?,31-,32-,34-/m0/s1. The molecule has 2 aliphatic rings. The zero-order valence-corrected chi connectivity index (χ0v) is 29.7. The number of carbonyl (C=O) groups excluding carboxylic acids is 3. The molecule has 0 aliphatic heterocycles. The molecule has 278 valence electrons. The van der Waals surface area contributed by atoms with Crippen LogP contribution in [0.3, 0.4) is 0 Å². The molecule has 14 nitrogen and oxygen atoms in total. The number of carbonyl (C=O) groups is 4. The Bertz CT molecular complexity index is 1870. The predicted octanol–water partition coefficient (Wildman–Crippen LogP) is 4.62. The molecule has 2 aliphatic carbocycles. The molecule has 3 aromatic carbocycles. The van der Waals surface area contributed by atoms with Gasteiger partial charge >= 0.3 is 6.09 Å². The normalized spacial score (nSPS) is 20.5. The molecule has 0 bridgehead atoms. The Morgan fingerprint density at radius 3 is 2.23 bits per heavy atom. The minimum Gasteiger partial charge on any atom is -0.465 e. The van der Waals surface area contributed by atoms with E-state index in [0.29, 0.717) is 49.3 Å². The van der Waals surface area contributed by atoms with Crippen LogP contribution in [0.25, 0.3) is 22.5 Å². The van der Waals surface area contributed by atoms with Crippen molar-refractivity contribution in [2.24, 2.45) is 11.8 Å². The number of hydrogen-bond donors (Lipinski definition) is 7. The quantitative estimate of drug-likeness (QED) is 0.109. The first-order valence-corrected chi connectivity index (χ1v) is 18.2. The minimum absolute atomic E-state index is 0.0489. The second kappa shape index (κ2) is 17.3. The Balaban J connectivity index is 1.14. The van der Waals surface area contributed by atoms with Gasteiger partial charge < -0.3 is 31.5 Å². The van der Waals surface area contributed by atoms with E-state index in [1.165, 1.54) is 0 Å². The van der Waals surface area contributed by atoms with Gasteiger partial charge in [0, 0.05) is 41.7 Å². The number of rotatable bonds is 12. The highest BCUT2D eigenvalue weighted by molar-refractivity contribution is 5.98. The van der Waals surface area contributed by atoms with E-state index in [4.69, 9.17) is 5.11 Å². The van der Waals surface area contributed by atoms with Crippen molar-refractivity contribution in [3.63, 3.8) is 0 Å². The third-order valence-electron chi connectivity index (χ3n) is 10.4. The number of hydrogen-bond acceptors (Lipinski definition) is 8. The molecule has 14 heteroatoms. The molecule has 1 atom stereocenters. The molecule has 0 spiro atoms. The summed E-state index contributed by atoms with van der Waals surface area (Å²) in [4.78, 5) is 51.3. The van der Waals surface area contributed by atoms with Gasteiger partial charge in [0.1, 0.15) is 6.04 Å². The van der Waals surface area contributed by atoms with Crippen molar-refractivity contribution < 1.29 is 29.4 Å². The van der Waals surface area contributed by atoms with E-state index < -0.39 is 12.1 Å². The van der Waals surface area contributed by atoms with Gasteiger partial charge in [-0.05, 0) is 128 Å². The van der Waals surface area contributed by atoms with Gasteiger partial charge in [0.25, 0.3) is 5.91 Å². The predicted molar refractivity (Wildman–Crippen MR) is 198 cm³/mol. The molecule has 2 fully saturated rings. The van der Waals surface area contributed by atoms with E-state index in [0.717, 1.165) is 53.5 Å². The number of nitrogens with one attached hydrogen (secondary N) is 5. The van der Waals surface area contributed by atoms with Crippen LogP contribution in [0.5, 0.6) is 0 Å². The van der Waals surface area contributed by atoms with Crippen LogP contribution in [0.1, 0.15) is 72.9 Å². The summed E-state index contributed by atoms with van der Waals surface area (Å²) in [6, 6.07) is 19.6. The molecule has 1 aromatic heterocycles. The third-order valence-corrected chi connectivity index (χ3v) is 10.4. The number of aromatic nitrogens is 4. The fourth-order valence-corrected chi connectivity index (χ4v) is 7.19. The largest absolute Gasteiger partial charge is 0.465 e. The first-order valence-electron chi connectivity index (χ1n) is 18.2. The number of anilines is 1. The number of H-pyrrole nitrogens is 1. The number of nitrogens with zero attached hydrogens (tertiary/aromatic N) is 3. The van der Waals surface area contributed by atoms with Gasteiger partial charge in [-0.2, -0.15) is 5.21 Å². The van der Waals surface area contributed by atoms with Crippen molar-refractivity contribution in [3.05, 3.63) is 83.4 Å². The van der Waals surface area contributed by atoms with E-state index in [-0.39, 0.29) is 48.1 Å². The minimum atomic E-state index is -1.06. The van der Waals surface area contributed by atoms with Crippen molar-refractivity contribution in [2.75, 3.05) is 11.9 Å². The highest BCUT2D eigenvalue weighted by Gasteiger charge is 2.30. The van der Waals surface area contributed by atoms with E-state index >= 15 is 0 Å². The van der Waals surface area contributed by atoms with Crippen molar-refractivity contribution in [1.29, 1.82) is 0 Å². The molecule has 2 saturated carbocycles. The zero-order valence-electron chi connectivity index (χ0n) is 29.7. The third kappa shape index (κ3) is 10.0. The first kappa shape index (κ1) is 37.1. The molecular weight excluding hydrogens is 676 g/mol. The number of carboxylic acid groups (broad SMARTS) is 1. The van der Waals surface area contributed by atoms with E-state index in [1.54, 1.807) is 24.3 Å². The highest BCUT2D eigenvalue weighted by Crippen LogP contribution is 2.30. The Morgan fingerprint density at radius 2 is 1.57 bits per heavy atom. The molecule has 1 heterocycles. The van der Waals surface area contributed by atoms with Gasteiger partial charge in [-0.3, -0.25) is 14.4 Å². The first-order chi connectivity index (χ1) is 25.6. The monoisotopic (exact) mass is 722 g/mol. The second-order valence-corrected chi connectivity index (χ2v) is 14.2. The lowest BCUT2D eigenvalue weighted by Crippen LogP contribution is -2.48. The topological polar surface area (TPSA) is 211 Å². The highest BCUT2D eigenvalue weighted by atomic mass is 16.4. The van der Waals surface area contributed by atoms with Crippen LogP contribution < -0.4 is 21.3 Å². The van der Waals surface area contributed by atoms with Crippen LogP contribution in [0, 0.1) is 18.8 Å². The van der Waals surface area contributed by atoms with Crippen LogP contribution in [0.2, 0.25) is 0 Å². The number of amides is 4. The number of aromatic amines is 1. The lowest BCUT2D eigenvalue weighted by Gasteiger charge is -2.29. The average Bonchev–Trinajstić information content (AvgIpc) is 3.71. The van der Waals surface area contributed by atoms with Crippen LogP contribution in [0.15, 0.2) is 66.7 Å². The molecule has 7 N–H and O–H groups in total. The number of aliphatic hydroxyl groups is 1. The Kier molecular flexibility index (Phi) is 12.1. The van der Waals surface area contributed by atoms with Gasteiger partial charge in [0.05, 0.1) is 6.10 Å². The van der Waals surface area contributed by atoms with Gasteiger partial charge in [-0.1, -0.05) is 30.3 Å². The Morgan fingerprint density at radius 1 is 0.868 bits per heavy atom. The lowest BCUT2D eigenvalue weighted by atomic mass is 9.81. The number of aliphatic hydroxyl groups excluding tert-OH is 1. The summed E-state index contributed by atoms with van der Waals surface area (Å²) >= 11 is 0. The summed E-state index contributed by atoms with van der Waals surface area (Å²) in [5, 5.41) is 44.2. The average molecular weight is 723 g/mol. The maximum absolute atomic E-state index is 13.8. The summed E-state index contributed by atoms with van der Waals surface area (Å²) < 4.78 is 0. The Hall–Kier alpha value is -5.63. The van der Waals surface area contributed by atoms with Crippen LogP contribution >= 0.6 is 0 Å². The van der Waals surface area contributed by atoms with Gasteiger partial charge in [0.15, 0.2) is 0 Å². The number of tetrazole rings is 1. The van der Waals surface area contributed by atoms with Crippen molar-refractivity contribution in [3.8, 4) is 22.5 Å². The molecular formula is C39H46N8O6. The summed E-state index contributed by atoms with van der Waals surface area (Å²) in [7, 11) is 0. The van der Waals surface area contributed by atoms with Crippen molar-refractivity contribution in [2.45, 2.75) is 82.9 Å². The fraction of sp³-hybridized carbons (Fsp3) is 0.410. The summed E-state index contributed by atoms with van der Waals surface area (Å²) in [6.45, 7) is 2.35.